The molecule has 3 nitrogen and oxygen atoms in total. The summed E-state index contributed by atoms with van der Waals surface area (Å²) in [5.74, 6) is 0. The molecule has 0 radical (unpaired) electrons. The van der Waals surface area contributed by atoms with E-state index in [1.165, 1.54) is 6.26 Å². The van der Waals surface area contributed by atoms with Crippen LogP contribution in [0.25, 0.3) is 11.0 Å². The summed E-state index contributed by atoms with van der Waals surface area (Å²) in [4.78, 5) is 12.4. The van der Waals surface area contributed by atoms with Crippen molar-refractivity contribution in [2.75, 3.05) is 0 Å². The Morgan fingerprint density at radius 2 is 1.75 bits per heavy atom. The summed E-state index contributed by atoms with van der Waals surface area (Å²) >= 11 is 5.81. The number of benzene rings is 2. The molecule has 0 spiro atoms. The number of para-hydroxylation sites is 1. The zero-order valence-corrected chi connectivity index (χ0v) is 11.2. The van der Waals surface area contributed by atoms with E-state index in [0.29, 0.717) is 21.6 Å². The van der Waals surface area contributed by atoms with Crippen LogP contribution in [-0.2, 0) is 0 Å². The molecule has 0 fully saturated rings. The van der Waals surface area contributed by atoms with Gasteiger partial charge in [-0.3, -0.25) is 4.79 Å². The maximum absolute atomic E-state index is 12.4. The zero-order chi connectivity index (χ0) is 14.1. The number of halogens is 1. The van der Waals surface area contributed by atoms with Gasteiger partial charge in [-0.25, -0.2) is 0 Å². The lowest BCUT2D eigenvalue weighted by atomic mass is 10.0. The van der Waals surface area contributed by atoms with Crippen molar-refractivity contribution in [3.05, 3.63) is 81.2 Å². The van der Waals surface area contributed by atoms with Crippen molar-refractivity contribution >= 4 is 22.6 Å². The average Bonchev–Trinajstić information content (AvgIpc) is 2.48. The second-order valence-corrected chi connectivity index (χ2v) is 4.91. The van der Waals surface area contributed by atoms with Crippen LogP contribution in [0.2, 0.25) is 5.02 Å². The van der Waals surface area contributed by atoms with Crippen LogP contribution in [0.5, 0.6) is 0 Å². The summed E-state index contributed by atoms with van der Waals surface area (Å²) in [7, 11) is 0. The molecule has 0 saturated heterocycles. The van der Waals surface area contributed by atoms with Crippen molar-refractivity contribution in [1.29, 1.82) is 0 Å². The van der Waals surface area contributed by atoms with Gasteiger partial charge in [0.15, 0.2) is 5.43 Å². The van der Waals surface area contributed by atoms with E-state index in [9.17, 15) is 9.90 Å². The Morgan fingerprint density at radius 1 is 1.05 bits per heavy atom. The number of rotatable bonds is 2. The van der Waals surface area contributed by atoms with E-state index in [2.05, 4.69) is 0 Å². The Kier molecular flexibility index (Phi) is 3.30. The molecule has 2 aromatic carbocycles. The third-order valence-electron chi connectivity index (χ3n) is 3.19. The summed E-state index contributed by atoms with van der Waals surface area (Å²) in [5, 5.41) is 11.4. The number of aliphatic hydroxyl groups excluding tert-OH is 1. The van der Waals surface area contributed by atoms with Crippen molar-refractivity contribution in [3.63, 3.8) is 0 Å². The van der Waals surface area contributed by atoms with Gasteiger partial charge in [0.05, 0.1) is 10.9 Å². The molecule has 3 rings (SSSR count). The Balaban J connectivity index is 2.12. The highest BCUT2D eigenvalue weighted by atomic mass is 35.5. The predicted octanol–water partition coefficient (Wildman–Crippen LogP) is 3.53. The van der Waals surface area contributed by atoms with Crippen LogP contribution < -0.4 is 5.43 Å². The van der Waals surface area contributed by atoms with Crippen LogP contribution in [0.3, 0.4) is 0 Å². The summed E-state index contributed by atoms with van der Waals surface area (Å²) < 4.78 is 5.40. The first-order valence-electron chi connectivity index (χ1n) is 6.11. The van der Waals surface area contributed by atoms with Crippen LogP contribution in [-0.4, -0.2) is 5.11 Å². The SMILES string of the molecule is O=c1c(C(O)c2ccc(Cl)cc2)coc2ccccc12. The van der Waals surface area contributed by atoms with Crippen molar-refractivity contribution in [2.45, 2.75) is 6.10 Å². The number of hydrogen-bond acceptors (Lipinski definition) is 3. The molecule has 1 N–H and O–H groups in total. The molecule has 1 unspecified atom stereocenters. The first-order chi connectivity index (χ1) is 9.66. The standard InChI is InChI=1S/C16H11ClO3/c17-11-7-5-10(6-8-11)15(18)13-9-20-14-4-2-1-3-12(14)16(13)19/h1-9,15,18H. The quantitative estimate of drug-likeness (QED) is 0.784. The van der Waals surface area contributed by atoms with Gasteiger partial charge in [0.25, 0.3) is 0 Å². The van der Waals surface area contributed by atoms with Gasteiger partial charge >= 0.3 is 0 Å². The van der Waals surface area contributed by atoms with Gasteiger partial charge in [0, 0.05) is 5.02 Å². The molecule has 3 aromatic rings. The summed E-state index contributed by atoms with van der Waals surface area (Å²) in [5.41, 5.74) is 1.09. The lowest BCUT2D eigenvalue weighted by Gasteiger charge is -2.10. The summed E-state index contributed by atoms with van der Waals surface area (Å²) in [6.07, 6.45) is 0.275. The van der Waals surface area contributed by atoms with E-state index in [-0.39, 0.29) is 11.0 Å². The molecular weight excluding hydrogens is 276 g/mol. The lowest BCUT2D eigenvalue weighted by molar-refractivity contribution is 0.216. The maximum Gasteiger partial charge on any atom is 0.198 e. The predicted molar refractivity (Wildman–Crippen MR) is 78.0 cm³/mol. The second kappa shape index (κ2) is 5.12. The summed E-state index contributed by atoms with van der Waals surface area (Å²) in [6, 6.07) is 13.7. The van der Waals surface area contributed by atoms with Crippen LogP contribution >= 0.6 is 11.6 Å². The van der Waals surface area contributed by atoms with Gasteiger partial charge in [-0.15, -0.1) is 0 Å². The van der Waals surface area contributed by atoms with Crippen LogP contribution in [0, 0.1) is 0 Å². The number of hydrogen-bond donors (Lipinski definition) is 1. The minimum absolute atomic E-state index is 0.214. The highest BCUT2D eigenvalue weighted by Gasteiger charge is 2.16. The maximum atomic E-state index is 12.4. The van der Waals surface area contributed by atoms with E-state index in [0.717, 1.165) is 0 Å². The Labute approximate surface area is 120 Å². The van der Waals surface area contributed by atoms with Crippen molar-refractivity contribution in [3.8, 4) is 0 Å². The van der Waals surface area contributed by atoms with E-state index in [1.807, 2.05) is 0 Å². The van der Waals surface area contributed by atoms with Gasteiger partial charge in [0.2, 0.25) is 0 Å². The molecule has 100 valence electrons. The molecule has 4 heteroatoms. The van der Waals surface area contributed by atoms with Crippen LogP contribution in [0.4, 0.5) is 0 Å². The molecular formula is C16H11ClO3. The molecule has 1 aromatic heterocycles. The van der Waals surface area contributed by atoms with Crippen molar-refractivity contribution < 1.29 is 9.52 Å². The Hall–Kier alpha value is -2.10. The van der Waals surface area contributed by atoms with Crippen LogP contribution in [0.15, 0.2) is 64.0 Å². The van der Waals surface area contributed by atoms with Gasteiger partial charge in [-0.2, -0.15) is 0 Å². The van der Waals surface area contributed by atoms with E-state index in [4.69, 9.17) is 16.0 Å². The minimum atomic E-state index is -1.03. The van der Waals surface area contributed by atoms with Gasteiger partial charge in [-0.1, -0.05) is 35.9 Å². The molecule has 1 heterocycles. The Morgan fingerprint density at radius 3 is 2.50 bits per heavy atom. The van der Waals surface area contributed by atoms with Gasteiger partial charge in [0.1, 0.15) is 18.0 Å². The highest BCUT2D eigenvalue weighted by molar-refractivity contribution is 6.30. The fourth-order valence-corrected chi connectivity index (χ4v) is 2.23. The molecule has 0 aliphatic rings. The molecule has 0 aliphatic heterocycles. The van der Waals surface area contributed by atoms with E-state index < -0.39 is 6.10 Å². The topological polar surface area (TPSA) is 50.4 Å². The fourth-order valence-electron chi connectivity index (χ4n) is 2.11. The highest BCUT2D eigenvalue weighted by Crippen LogP contribution is 2.23. The Bertz CT molecular complexity index is 806. The number of aliphatic hydroxyl groups is 1. The van der Waals surface area contributed by atoms with Crippen molar-refractivity contribution in [2.24, 2.45) is 0 Å². The first-order valence-corrected chi connectivity index (χ1v) is 6.48. The smallest absolute Gasteiger partial charge is 0.198 e. The molecule has 20 heavy (non-hydrogen) atoms. The molecule has 0 bridgehead atoms. The molecule has 0 amide bonds. The lowest BCUT2D eigenvalue weighted by Crippen LogP contribution is -2.14. The monoisotopic (exact) mass is 286 g/mol. The van der Waals surface area contributed by atoms with E-state index in [1.54, 1.807) is 48.5 Å². The van der Waals surface area contributed by atoms with Crippen LogP contribution in [0.1, 0.15) is 17.2 Å². The molecule has 1 atom stereocenters. The molecule has 0 aliphatic carbocycles. The first kappa shape index (κ1) is 12.9. The normalized spacial score (nSPS) is 12.5. The average molecular weight is 287 g/mol. The fraction of sp³-hybridized carbons (Fsp3) is 0.0625. The zero-order valence-electron chi connectivity index (χ0n) is 10.4. The third kappa shape index (κ3) is 2.22. The minimum Gasteiger partial charge on any atom is -0.464 e. The number of fused-ring (bicyclic) bond motifs is 1. The largest absolute Gasteiger partial charge is 0.464 e. The molecule has 0 saturated carbocycles. The van der Waals surface area contributed by atoms with Gasteiger partial charge in [-0.05, 0) is 29.8 Å². The van der Waals surface area contributed by atoms with Crippen molar-refractivity contribution in [1.82, 2.24) is 0 Å². The van der Waals surface area contributed by atoms with Gasteiger partial charge < -0.3 is 9.52 Å². The second-order valence-electron chi connectivity index (χ2n) is 4.47. The summed E-state index contributed by atoms with van der Waals surface area (Å²) in [6.45, 7) is 0. The van der Waals surface area contributed by atoms with E-state index >= 15 is 0 Å². The third-order valence-corrected chi connectivity index (χ3v) is 3.44.